The van der Waals surface area contributed by atoms with E-state index in [0.29, 0.717) is 5.69 Å². The Balaban J connectivity index is 2.29. The maximum atomic E-state index is 13.1. The second kappa shape index (κ2) is 7.00. The first-order chi connectivity index (χ1) is 11.2. The molecule has 0 aliphatic rings. The van der Waals surface area contributed by atoms with E-state index in [1.165, 1.54) is 19.1 Å². The Morgan fingerprint density at radius 2 is 1.79 bits per heavy atom. The minimum Gasteiger partial charge on any atom is -0.324 e. The van der Waals surface area contributed by atoms with E-state index in [1.54, 1.807) is 18.2 Å². The summed E-state index contributed by atoms with van der Waals surface area (Å²) in [7, 11) is -3.73. The fourth-order valence-electron chi connectivity index (χ4n) is 2.37. The number of hydrogen-bond acceptors (Lipinski definition) is 3. The van der Waals surface area contributed by atoms with Crippen LogP contribution in [0.15, 0.2) is 48.5 Å². The average Bonchev–Trinajstić information content (AvgIpc) is 2.48. The number of nitrogens with zero attached hydrogens (tertiary/aromatic N) is 1. The SMILES string of the molecule is Cc1cccc(NC(=O)[C@@H](C)N(c2ccc(F)cc2)S(C)(=O)=O)c1. The van der Waals surface area contributed by atoms with Crippen LogP contribution in [0.2, 0.25) is 0 Å². The molecule has 1 N–H and O–H groups in total. The van der Waals surface area contributed by atoms with Gasteiger partial charge in [-0.1, -0.05) is 12.1 Å². The molecule has 0 aliphatic heterocycles. The quantitative estimate of drug-likeness (QED) is 0.902. The smallest absolute Gasteiger partial charge is 0.247 e. The number of hydrogen-bond donors (Lipinski definition) is 1. The van der Waals surface area contributed by atoms with Gasteiger partial charge in [-0.2, -0.15) is 0 Å². The molecule has 0 heterocycles. The zero-order chi connectivity index (χ0) is 17.9. The van der Waals surface area contributed by atoms with Crippen molar-refractivity contribution in [1.82, 2.24) is 0 Å². The van der Waals surface area contributed by atoms with Crippen molar-refractivity contribution in [2.75, 3.05) is 15.9 Å². The number of benzene rings is 2. The number of amides is 1. The number of halogens is 1. The summed E-state index contributed by atoms with van der Waals surface area (Å²) in [6, 6.07) is 11.2. The highest BCUT2D eigenvalue weighted by Gasteiger charge is 2.29. The first-order valence-corrected chi connectivity index (χ1v) is 9.16. The van der Waals surface area contributed by atoms with Crippen LogP contribution in [0.4, 0.5) is 15.8 Å². The van der Waals surface area contributed by atoms with E-state index < -0.39 is 27.8 Å². The van der Waals surface area contributed by atoms with Crippen LogP contribution in [0.3, 0.4) is 0 Å². The number of carbonyl (C=O) groups is 1. The molecule has 5 nitrogen and oxygen atoms in total. The van der Waals surface area contributed by atoms with Crippen molar-refractivity contribution in [3.05, 3.63) is 59.9 Å². The van der Waals surface area contributed by atoms with Crippen molar-refractivity contribution in [2.24, 2.45) is 0 Å². The summed E-state index contributed by atoms with van der Waals surface area (Å²) >= 11 is 0. The summed E-state index contributed by atoms with van der Waals surface area (Å²) in [5, 5.41) is 2.70. The monoisotopic (exact) mass is 350 g/mol. The maximum absolute atomic E-state index is 13.1. The Labute approximate surface area is 141 Å². The normalized spacial score (nSPS) is 12.5. The van der Waals surface area contributed by atoms with Gasteiger partial charge in [0, 0.05) is 5.69 Å². The summed E-state index contributed by atoms with van der Waals surface area (Å²) < 4.78 is 38.3. The van der Waals surface area contributed by atoms with Crippen molar-refractivity contribution >= 4 is 27.3 Å². The van der Waals surface area contributed by atoms with Gasteiger partial charge in [0.25, 0.3) is 0 Å². The number of sulfonamides is 1. The molecule has 0 spiro atoms. The van der Waals surface area contributed by atoms with Crippen molar-refractivity contribution in [1.29, 1.82) is 0 Å². The molecule has 0 aliphatic carbocycles. The van der Waals surface area contributed by atoms with Crippen LogP contribution in [0.1, 0.15) is 12.5 Å². The van der Waals surface area contributed by atoms with Crippen molar-refractivity contribution in [3.8, 4) is 0 Å². The van der Waals surface area contributed by atoms with Gasteiger partial charge in [-0.15, -0.1) is 0 Å². The average molecular weight is 350 g/mol. The molecule has 1 amide bonds. The summed E-state index contributed by atoms with van der Waals surface area (Å²) in [6.45, 7) is 3.37. The molecule has 0 radical (unpaired) electrons. The van der Waals surface area contributed by atoms with Crippen LogP contribution >= 0.6 is 0 Å². The molecule has 0 fully saturated rings. The van der Waals surface area contributed by atoms with E-state index in [0.717, 1.165) is 28.3 Å². The Morgan fingerprint density at radius 3 is 2.33 bits per heavy atom. The van der Waals surface area contributed by atoms with Gasteiger partial charge < -0.3 is 5.32 Å². The van der Waals surface area contributed by atoms with E-state index in [9.17, 15) is 17.6 Å². The third kappa shape index (κ3) is 4.32. The molecule has 7 heteroatoms. The minimum absolute atomic E-state index is 0.228. The molecule has 0 unspecified atom stereocenters. The van der Waals surface area contributed by atoms with Gasteiger partial charge >= 0.3 is 0 Å². The highest BCUT2D eigenvalue weighted by atomic mass is 32.2. The molecule has 1 atom stereocenters. The molecule has 0 aromatic heterocycles. The molecule has 2 rings (SSSR count). The third-order valence-electron chi connectivity index (χ3n) is 3.46. The molecule has 128 valence electrons. The number of rotatable bonds is 5. The van der Waals surface area contributed by atoms with Gasteiger partial charge in [-0.05, 0) is 55.8 Å². The molecule has 0 saturated heterocycles. The Hall–Kier alpha value is -2.41. The molecular weight excluding hydrogens is 331 g/mol. The number of aryl methyl sites for hydroxylation is 1. The van der Waals surface area contributed by atoms with Crippen LogP contribution in [-0.4, -0.2) is 26.6 Å². The minimum atomic E-state index is -3.73. The van der Waals surface area contributed by atoms with E-state index in [-0.39, 0.29) is 5.69 Å². The van der Waals surface area contributed by atoms with Crippen LogP contribution in [-0.2, 0) is 14.8 Å². The lowest BCUT2D eigenvalue weighted by Gasteiger charge is -2.28. The van der Waals surface area contributed by atoms with Gasteiger partial charge in [0.05, 0.1) is 11.9 Å². The van der Waals surface area contributed by atoms with Gasteiger partial charge in [0.1, 0.15) is 11.9 Å². The largest absolute Gasteiger partial charge is 0.324 e. The van der Waals surface area contributed by atoms with E-state index >= 15 is 0 Å². The zero-order valence-electron chi connectivity index (χ0n) is 13.7. The van der Waals surface area contributed by atoms with E-state index in [1.807, 2.05) is 13.0 Å². The molecule has 24 heavy (non-hydrogen) atoms. The fourth-order valence-corrected chi connectivity index (χ4v) is 3.54. The molecule has 2 aromatic rings. The van der Waals surface area contributed by atoms with Gasteiger partial charge in [-0.3, -0.25) is 9.10 Å². The Kier molecular flexibility index (Phi) is 5.23. The van der Waals surface area contributed by atoms with E-state index in [4.69, 9.17) is 0 Å². The van der Waals surface area contributed by atoms with Crippen LogP contribution < -0.4 is 9.62 Å². The van der Waals surface area contributed by atoms with Crippen molar-refractivity contribution in [2.45, 2.75) is 19.9 Å². The van der Waals surface area contributed by atoms with Crippen molar-refractivity contribution < 1.29 is 17.6 Å². The lowest BCUT2D eigenvalue weighted by Crippen LogP contribution is -2.45. The van der Waals surface area contributed by atoms with Crippen LogP contribution in [0.25, 0.3) is 0 Å². The second-order valence-electron chi connectivity index (χ2n) is 5.57. The summed E-state index contributed by atoms with van der Waals surface area (Å²) in [4.78, 5) is 12.5. The molecular formula is C17H19FN2O3S. The first kappa shape index (κ1) is 17.9. The second-order valence-corrected chi connectivity index (χ2v) is 7.43. The maximum Gasteiger partial charge on any atom is 0.247 e. The highest BCUT2D eigenvalue weighted by molar-refractivity contribution is 7.92. The van der Waals surface area contributed by atoms with E-state index in [2.05, 4.69) is 5.32 Å². The molecule has 2 aromatic carbocycles. The Morgan fingerprint density at radius 1 is 1.17 bits per heavy atom. The fraction of sp³-hybridized carbons (Fsp3) is 0.235. The molecule has 0 bridgehead atoms. The summed E-state index contributed by atoms with van der Waals surface area (Å²) in [6.07, 6.45) is 1.01. The predicted octanol–water partition coefficient (Wildman–Crippen LogP) is 2.93. The Bertz CT molecular complexity index is 835. The van der Waals surface area contributed by atoms with Crippen molar-refractivity contribution in [3.63, 3.8) is 0 Å². The van der Waals surface area contributed by atoms with Crippen LogP contribution in [0.5, 0.6) is 0 Å². The third-order valence-corrected chi connectivity index (χ3v) is 4.70. The predicted molar refractivity (Wildman–Crippen MR) is 93.0 cm³/mol. The highest BCUT2D eigenvalue weighted by Crippen LogP contribution is 2.22. The zero-order valence-corrected chi connectivity index (χ0v) is 14.5. The van der Waals surface area contributed by atoms with Gasteiger partial charge in [0.2, 0.25) is 15.9 Å². The standard InChI is InChI=1S/C17H19FN2O3S/c1-12-5-4-6-15(11-12)19-17(21)13(2)20(24(3,22)23)16-9-7-14(18)8-10-16/h4-11,13H,1-3H3,(H,19,21)/t13-/m1/s1. The number of anilines is 2. The topological polar surface area (TPSA) is 66.5 Å². The first-order valence-electron chi connectivity index (χ1n) is 7.31. The van der Waals surface area contributed by atoms with Gasteiger partial charge in [-0.25, -0.2) is 12.8 Å². The van der Waals surface area contributed by atoms with Gasteiger partial charge in [0.15, 0.2) is 0 Å². The lowest BCUT2D eigenvalue weighted by molar-refractivity contribution is -0.116. The summed E-state index contributed by atoms with van der Waals surface area (Å²) in [5.74, 6) is -0.959. The lowest BCUT2D eigenvalue weighted by atomic mass is 10.2. The summed E-state index contributed by atoms with van der Waals surface area (Å²) in [5.41, 5.74) is 1.78. The van der Waals surface area contributed by atoms with Crippen LogP contribution in [0, 0.1) is 12.7 Å². The number of nitrogens with one attached hydrogen (secondary N) is 1. The number of carbonyl (C=O) groups excluding carboxylic acids is 1. The molecule has 0 saturated carbocycles.